The van der Waals surface area contributed by atoms with Crippen LogP contribution in [0.4, 0.5) is 0 Å². The molecular weight excluding hydrogens is 262 g/mol. The molecule has 9 heteroatoms. The summed E-state index contributed by atoms with van der Waals surface area (Å²) >= 11 is 0. The van der Waals surface area contributed by atoms with Gasteiger partial charge in [-0.25, -0.2) is 9.59 Å². The van der Waals surface area contributed by atoms with Gasteiger partial charge >= 0.3 is 17.9 Å². The van der Waals surface area contributed by atoms with Gasteiger partial charge in [-0.15, -0.1) is 0 Å². The van der Waals surface area contributed by atoms with E-state index in [1.54, 1.807) is 0 Å². The van der Waals surface area contributed by atoms with Crippen LogP contribution in [0.3, 0.4) is 0 Å². The number of aliphatic carboxylic acids is 3. The van der Waals surface area contributed by atoms with Crippen molar-refractivity contribution in [2.45, 2.75) is 37.9 Å². The molecule has 0 amide bonds. The fourth-order valence-corrected chi connectivity index (χ4v) is 1.85. The largest absolute Gasteiger partial charge is 0.481 e. The van der Waals surface area contributed by atoms with Crippen molar-refractivity contribution in [3.05, 3.63) is 0 Å². The topological polar surface area (TPSA) is 187 Å². The second-order valence-electron chi connectivity index (χ2n) is 3.89. The van der Waals surface area contributed by atoms with E-state index in [0.29, 0.717) is 0 Å². The van der Waals surface area contributed by atoms with E-state index in [0.717, 1.165) is 6.92 Å². The van der Waals surface area contributed by atoms with Crippen molar-refractivity contribution >= 4 is 17.9 Å². The van der Waals surface area contributed by atoms with Gasteiger partial charge in [0.05, 0.1) is 5.92 Å². The molecule has 0 fully saturated rings. The summed E-state index contributed by atoms with van der Waals surface area (Å²) < 4.78 is 0. The molecule has 19 heavy (non-hydrogen) atoms. The highest BCUT2D eigenvalue weighted by atomic mass is 16.5. The number of carbonyl (C=O) groups is 3. The van der Waals surface area contributed by atoms with Crippen LogP contribution in [0.5, 0.6) is 0 Å². The maximum Gasteiger partial charge on any atom is 0.340 e. The molecule has 0 aromatic carbocycles. The Bertz CT molecular complexity index is 371. The molecule has 3 unspecified atom stereocenters. The standard InChI is InChI=1S/C10H16O8.H3N/c1-3-5(6(11)12)10(18,8(15)16)9(17,4-2)7(13)14;/h5,17-18H,3-4H2,1-2H3,(H,11,12)(H,13,14)(H,15,16);1H3. The van der Waals surface area contributed by atoms with Gasteiger partial charge in [-0.05, 0) is 12.8 Å². The minimum atomic E-state index is -3.31. The summed E-state index contributed by atoms with van der Waals surface area (Å²) in [5.41, 5.74) is -6.40. The van der Waals surface area contributed by atoms with Gasteiger partial charge in [0.25, 0.3) is 0 Å². The van der Waals surface area contributed by atoms with E-state index < -0.39 is 41.4 Å². The minimum absolute atomic E-state index is 0. The highest BCUT2D eigenvalue weighted by molar-refractivity contribution is 5.94. The van der Waals surface area contributed by atoms with E-state index in [4.69, 9.17) is 15.3 Å². The maximum atomic E-state index is 11.1. The number of hydrogen-bond donors (Lipinski definition) is 6. The van der Waals surface area contributed by atoms with Gasteiger partial charge in [-0.3, -0.25) is 4.79 Å². The van der Waals surface area contributed by atoms with Crippen LogP contribution in [0.2, 0.25) is 0 Å². The first-order valence-corrected chi connectivity index (χ1v) is 5.23. The van der Waals surface area contributed by atoms with Crippen molar-refractivity contribution in [3.8, 4) is 0 Å². The van der Waals surface area contributed by atoms with Crippen LogP contribution in [0.1, 0.15) is 26.7 Å². The van der Waals surface area contributed by atoms with Crippen LogP contribution < -0.4 is 6.15 Å². The summed E-state index contributed by atoms with van der Waals surface area (Å²) in [5, 5.41) is 46.6. The quantitative estimate of drug-likeness (QED) is 0.350. The first-order chi connectivity index (χ1) is 8.09. The highest BCUT2D eigenvalue weighted by Crippen LogP contribution is 2.35. The predicted molar refractivity (Wildman–Crippen MR) is 61.9 cm³/mol. The van der Waals surface area contributed by atoms with E-state index >= 15 is 0 Å². The number of carboxylic acid groups (broad SMARTS) is 3. The zero-order valence-electron chi connectivity index (χ0n) is 10.7. The first kappa shape index (κ1) is 19.6. The normalized spacial score (nSPS) is 18.3. The molecule has 0 heterocycles. The fourth-order valence-electron chi connectivity index (χ4n) is 1.85. The van der Waals surface area contributed by atoms with E-state index in [9.17, 15) is 24.6 Å². The summed E-state index contributed by atoms with van der Waals surface area (Å²) in [6.07, 6.45) is -1.01. The second-order valence-corrected chi connectivity index (χ2v) is 3.89. The van der Waals surface area contributed by atoms with Crippen molar-refractivity contribution in [2.24, 2.45) is 5.92 Å². The van der Waals surface area contributed by atoms with Crippen LogP contribution in [0, 0.1) is 5.92 Å². The van der Waals surface area contributed by atoms with Crippen molar-refractivity contribution in [2.75, 3.05) is 0 Å². The van der Waals surface area contributed by atoms with Gasteiger partial charge in [0.15, 0.2) is 0 Å². The van der Waals surface area contributed by atoms with Gasteiger partial charge in [0.1, 0.15) is 0 Å². The Kier molecular flexibility index (Phi) is 6.67. The molecule has 112 valence electrons. The summed E-state index contributed by atoms with van der Waals surface area (Å²) in [5.74, 6) is -7.73. The molecule has 0 rings (SSSR count). The molecular formula is C10H19NO8. The van der Waals surface area contributed by atoms with Gasteiger partial charge in [0, 0.05) is 0 Å². The molecule has 0 aromatic heterocycles. The zero-order chi connectivity index (χ0) is 14.7. The molecule has 0 saturated carbocycles. The lowest BCUT2D eigenvalue weighted by Crippen LogP contribution is -2.68. The Morgan fingerprint density at radius 3 is 1.58 bits per heavy atom. The van der Waals surface area contributed by atoms with Crippen molar-refractivity contribution < 1.29 is 39.9 Å². The van der Waals surface area contributed by atoms with Crippen LogP contribution in [-0.2, 0) is 14.4 Å². The molecule has 0 aliphatic carbocycles. The highest BCUT2D eigenvalue weighted by Gasteiger charge is 2.65. The van der Waals surface area contributed by atoms with Crippen LogP contribution in [0.25, 0.3) is 0 Å². The Hall–Kier alpha value is -1.71. The predicted octanol–water partition coefficient (Wildman–Crippen LogP) is -0.699. The Morgan fingerprint density at radius 2 is 1.42 bits per heavy atom. The van der Waals surface area contributed by atoms with E-state index in [1.807, 2.05) is 0 Å². The van der Waals surface area contributed by atoms with Crippen LogP contribution >= 0.6 is 0 Å². The summed E-state index contributed by atoms with van der Waals surface area (Å²) in [6.45, 7) is 2.40. The third-order valence-electron chi connectivity index (χ3n) is 3.03. The molecule has 0 saturated heterocycles. The van der Waals surface area contributed by atoms with Gasteiger partial charge < -0.3 is 31.7 Å². The second kappa shape index (κ2) is 6.45. The summed E-state index contributed by atoms with van der Waals surface area (Å²) in [7, 11) is 0. The molecule has 0 radical (unpaired) electrons. The lowest BCUT2D eigenvalue weighted by molar-refractivity contribution is -0.222. The SMILES string of the molecule is CCC(C(=O)O)C(O)(C(=O)O)C(O)(CC)C(=O)O.N. The molecule has 0 aromatic rings. The molecule has 3 atom stereocenters. The minimum Gasteiger partial charge on any atom is -0.481 e. The zero-order valence-corrected chi connectivity index (χ0v) is 10.7. The average Bonchev–Trinajstić information content (AvgIpc) is 2.27. The monoisotopic (exact) mass is 281 g/mol. The van der Waals surface area contributed by atoms with E-state index in [-0.39, 0.29) is 12.6 Å². The molecule has 9 nitrogen and oxygen atoms in total. The number of rotatable bonds is 7. The van der Waals surface area contributed by atoms with Gasteiger partial charge in [0.2, 0.25) is 11.2 Å². The third-order valence-corrected chi connectivity index (χ3v) is 3.03. The van der Waals surface area contributed by atoms with Crippen molar-refractivity contribution in [1.29, 1.82) is 0 Å². The van der Waals surface area contributed by atoms with Crippen molar-refractivity contribution in [1.82, 2.24) is 6.15 Å². The molecule has 0 aliphatic heterocycles. The number of aliphatic hydroxyl groups is 2. The lowest BCUT2D eigenvalue weighted by atomic mass is 9.71. The van der Waals surface area contributed by atoms with E-state index in [2.05, 4.69) is 0 Å². The Labute approximate surface area is 109 Å². The van der Waals surface area contributed by atoms with Crippen molar-refractivity contribution in [3.63, 3.8) is 0 Å². The summed E-state index contributed by atoms with van der Waals surface area (Å²) in [6, 6.07) is 0. The van der Waals surface area contributed by atoms with Gasteiger partial charge in [-0.1, -0.05) is 13.8 Å². The fraction of sp³-hybridized carbons (Fsp3) is 0.700. The molecule has 8 N–H and O–H groups in total. The molecule has 0 spiro atoms. The van der Waals surface area contributed by atoms with Gasteiger partial charge in [-0.2, -0.15) is 0 Å². The van der Waals surface area contributed by atoms with Crippen LogP contribution in [0.15, 0.2) is 0 Å². The number of hydrogen-bond acceptors (Lipinski definition) is 6. The van der Waals surface area contributed by atoms with Crippen LogP contribution in [-0.4, -0.2) is 54.6 Å². The Morgan fingerprint density at radius 1 is 1.00 bits per heavy atom. The molecule has 0 bridgehead atoms. The molecule has 0 aliphatic rings. The smallest absolute Gasteiger partial charge is 0.340 e. The average molecular weight is 281 g/mol. The first-order valence-electron chi connectivity index (χ1n) is 5.23. The lowest BCUT2D eigenvalue weighted by Gasteiger charge is -2.39. The number of carboxylic acids is 3. The third kappa shape index (κ3) is 2.83. The Balaban J connectivity index is 0. The summed E-state index contributed by atoms with van der Waals surface area (Å²) in [4.78, 5) is 33.0. The van der Waals surface area contributed by atoms with E-state index in [1.165, 1.54) is 6.92 Å². The maximum absolute atomic E-state index is 11.1.